The minimum atomic E-state index is -1.57. The van der Waals surface area contributed by atoms with Crippen molar-refractivity contribution in [2.45, 2.75) is 0 Å². The number of pyridine rings is 1. The number of nitrogens with one attached hydrogen (secondary N) is 1. The van der Waals surface area contributed by atoms with Gasteiger partial charge in [-0.05, 0) is 17.2 Å². The molecule has 7 nitrogen and oxygen atoms in total. The lowest BCUT2D eigenvalue weighted by Gasteiger charge is -2.16. The monoisotopic (exact) mass is 384 g/mol. The standard InChI is InChI=1S/C19H13ClN2O5/c20-12-8-4-3-6-10(12)9-5-1-2-7-11(9)13-14(18(24)25)16(21)22-17(23)15(13)19(26)27/h1-8H,(H,24,25)(H,26,27)(H3,21,22,23). The van der Waals surface area contributed by atoms with Crippen LogP contribution in [0.15, 0.2) is 53.3 Å². The van der Waals surface area contributed by atoms with Gasteiger partial charge in [0.15, 0.2) is 0 Å². The summed E-state index contributed by atoms with van der Waals surface area (Å²) in [6.07, 6.45) is 0. The quantitative estimate of drug-likeness (QED) is 0.545. The highest BCUT2D eigenvalue weighted by Crippen LogP contribution is 2.39. The van der Waals surface area contributed by atoms with E-state index in [1.165, 1.54) is 6.07 Å². The molecule has 0 aliphatic heterocycles. The van der Waals surface area contributed by atoms with Crippen LogP contribution in [0.2, 0.25) is 5.02 Å². The van der Waals surface area contributed by atoms with Crippen molar-refractivity contribution in [3.8, 4) is 22.3 Å². The van der Waals surface area contributed by atoms with Crippen LogP contribution in [0.4, 0.5) is 5.82 Å². The molecule has 0 amide bonds. The molecule has 0 bridgehead atoms. The number of hydrogen-bond donors (Lipinski definition) is 4. The van der Waals surface area contributed by atoms with E-state index in [1.54, 1.807) is 42.5 Å². The van der Waals surface area contributed by atoms with Crippen LogP contribution in [0.25, 0.3) is 22.3 Å². The lowest BCUT2D eigenvalue weighted by atomic mass is 9.89. The summed E-state index contributed by atoms with van der Waals surface area (Å²) >= 11 is 6.26. The van der Waals surface area contributed by atoms with Gasteiger partial charge in [0.1, 0.15) is 16.9 Å². The van der Waals surface area contributed by atoms with Crippen molar-refractivity contribution < 1.29 is 19.8 Å². The number of nitrogens with two attached hydrogens (primary N) is 1. The van der Waals surface area contributed by atoms with Crippen molar-refractivity contribution in [2.24, 2.45) is 0 Å². The molecule has 8 heteroatoms. The lowest BCUT2D eigenvalue weighted by molar-refractivity contribution is 0.0695. The van der Waals surface area contributed by atoms with Crippen LogP contribution in [-0.4, -0.2) is 27.1 Å². The molecule has 0 fully saturated rings. The van der Waals surface area contributed by atoms with Gasteiger partial charge in [-0.15, -0.1) is 0 Å². The maximum Gasteiger partial charge on any atom is 0.342 e. The molecule has 1 aromatic heterocycles. The van der Waals surface area contributed by atoms with Crippen LogP contribution in [-0.2, 0) is 0 Å². The molecular formula is C19H13ClN2O5. The number of H-pyrrole nitrogens is 1. The van der Waals surface area contributed by atoms with Gasteiger partial charge in [-0.1, -0.05) is 54.1 Å². The maximum absolute atomic E-state index is 12.2. The van der Waals surface area contributed by atoms with E-state index in [4.69, 9.17) is 17.3 Å². The molecule has 0 unspecified atom stereocenters. The second kappa shape index (κ2) is 6.97. The van der Waals surface area contributed by atoms with Crippen LogP contribution in [0, 0.1) is 0 Å². The summed E-state index contributed by atoms with van der Waals surface area (Å²) in [6.45, 7) is 0. The number of aromatic carboxylic acids is 2. The number of carboxylic acid groups (broad SMARTS) is 2. The van der Waals surface area contributed by atoms with E-state index in [-0.39, 0.29) is 11.1 Å². The Balaban J connectivity index is 2.50. The highest BCUT2D eigenvalue weighted by atomic mass is 35.5. The SMILES string of the molecule is Nc1[nH]c(=O)c(C(=O)O)c(-c2ccccc2-c2ccccc2Cl)c1C(=O)O. The molecule has 0 radical (unpaired) electrons. The fourth-order valence-electron chi connectivity index (χ4n) is 2.93. The number of carbonyl (C=O) groups is 2. The molecule has 3 aromatic rings. The van der Waals surface area contributed by atoms with Crippen LogP contribution >= 0.6 is 11.6 Å². The highest BCUT2D eigenvalue weighted by Gasteiger charge is 2.28. The van der Waals surface area contributed by atoms with Gasteiger partial charge in [-0.3, -0.25) is 4.79 Å². The van der Waals surface area contributed by atoms with Crippen LogP contribution in [0.1, 0.15) is 20.7 Å². The molecule has 0 aliphatic carbocycles. The number of rotatable bonds is 4. The zero-order valence-corrected chi connectivity index (χ0v) is 14.4. The van der Waals surface area contributed by atoms with Gasteiger partial charge < -0.3 is 20.9 Å². The Morgan fingerprint density at radius 1 is 0.852 bits per heavy atom. The summed E-state index contributed by atoms with van der Waals surface area (Å²) in [7, 11) is 0. The molecule has 136 valence electrons. The minimum absolute atomic E-state index is 0.221. The Bertz CT molecular complexity index is 1140. The molecule has 27 heavy (non-hydrogen) atoms. The number of aromatic nitrogens is 1. The van der Waals surface area contributed by atoms with Gasteiger partial charge in [0.2, 0.25) is 0 Å². The fourth-order valence-corrected chi connectivity index (χ4v) is 3.17. The summed E-state index contributed by atoms with van der Waals surface area (Å²) < 4.78 is 0. The van der Waals surface area contributed by atoms with Gasteiger partial charge in [-0.25, -0.2) is 9.59 Å². The number of anilines is 1. The minimum Gasteiger partial charge on any atom is -0.478 e. The molecule has 0 aliphatic rings. The Morgan fingerprint density at radius 2 is 1.37 bits per heavy atom. The third-order valence-corrected chi connectivity index (χ3v) is 4.36. The third kappa shape index (κ3) is 3.16. The van der Waals surface area contributed by atoms with Gasteiger partial charge in [0, 0.05) is 16.1 Å². The van der Waals surface area contributed by atoms with E-state index in [2.05, 4.69) is 4.98 Å². The Hall–Kier alpha value is -3.58. The largest absolute Gasteiger partial charge is 0.478 e. The number of benzene rings is 2. The van der Waals surface area contributed by atoms with E-state index in [9.17, 15) is 24.6 Å². The Kier molecular flexibility index (Phi) is 4.70. The molecule has 0 saturated carbocycles. The highest BCUT2D eigenvalue weighted by molar-refractivity contribution is 6.33. The summed E-state index contributed by atoms with van der Waals surface area (Å²) in [4.78, 5) is 37.8. The van der Waals surface area contributed by atoms with Gasteiger partial charge >= 0.3 is 11.9 Å². The summed E-state index contributed by atoms with van der Waals surface area (Å²) in [5.74, 6) is -3.46. The predicted molar refractivity (Wildman–Crippen MR) is 101 cm³/mol. The first-order valence-corrected chi connectivity index (χ1v) is 8.07. The predicted octanol–water partition coefficient (Wildman–Crippen LogP) is 3.34. The van der Waals surface area contributed by atoms with Crippen LogP contribution in [0.5, 0.6) is 0 Å². The van der Waals surface area contributed by atoms with Crippen molar-refractivity contribution in [3.05, 3.63) is 75.0 Å². The zero-order valence-electron chi connectivity index (χ0n) is 13.7. The van der Waals surface area contributed by atoms with Crippen molar-refractivity contribution in [3.63, 3.8) is 0 Å². The maximum atomic E-state index is 12.2. The number of halogens is 1. The first kappa shape index (κ1) is 18.2. The van der Waals surface area contributed by atoms with E-state index in [0.29, 0.717) is 16.1 Å². The van der Waals surface area contributed by atoms with Crippen molar-refractivity contribution in [2.75, 3.05) is 5.73 Å². The van der Waals surface area contributed by atoms with Gasteiger partial charge in [0.05, 0.1) is 0 Å². The number of carboxylic acids is 2. The average Bonchev–Trinajstić information content (AvgIpc) is 2.60. The van der Waals surface area contributed by atoms with E-state index >= 15 is 0 Å². The van der Waals surface area contributed by atoms with Crippen molar-refractivity contribution in [1.29, 1.82) is 0 Å². The van der Waals surface area contributed by atoms with E-state index < -0.39 is 34.4 Å². The Morgan fingerprint density at radius 3 is 1.93 bits per heavy atom. The van der Waals surface area contributed by atoms with Gasteiger partial charge in [-0.2, -0.15) is 0 Å². The molecule has 0 atom stereocenters. The molecule has 1 heterocycles. The number of hydrogen-bond acceptors (Lipinski definition) is 4. The van der Waals surface area contributed by atoms with Crippen molar-refractivity contribution in [1.82, 2.24) is 4.98 Å². The second-order valence-corrected chi connectivity index (χ2v) is 6.04. The zero-order chi connectivity index (χ0) is 19.7. The molecule has 0 spiro atoms. The summed E-state index contributed by atoms with van der Waals surface area (Å²) in [5, 5.41) is 19.5. The lowest BCUT2D eigenvalue weighted by Crippen LogP contribution is -2.24. The van der Waals surface area contributed by atoms with Crippen molar-refractivity contribution >= 4 is 29.4 Å². The first-order valence-electron chi connectivity index (χ1n) is 7.69. The molecule has 3 rings (SSSR count). The molecule has 2 aromatic carbocycles. The molecular weight excluding hydrogens is 372 g/mol. The fraction of sp³-hybridized carbons (Fsp3) is 0. The summed E-state index contributed by atoms with van der Waals surface area (Å²) in [5.41, 5.74) is 4.48. The average molecular weight is 385 g/mol. The normalized spacial score (nSPS) is 10.6. The Labute approximate surface area is 157 Å². The first-order chi connectivity index (χ1) is 12.8. The van der Waals surface area contributed by atoms with Crippen LogP contribution in [0.3, 0.4) is 0 Å². The number of nitrogen functional groups attached to an aromatic ring is 1. The van der Waals surface area contributed by atoms with E-state index in [0.717, 1.165) is 0 Å². The summed E-state index contributed by atoms with van der Waals surface area (Å²) in [6, 6.07) is 13.3. The topological polar surface area (TPSA) is 133 Å². The van der Waals surface area contributed by atoms with E-state index in [1.807, 2.05) is 0 Å². The second-order valence-electron chi connectivity index (χ2n) is 5.63. The smallest absolute Gasteiger partial charge is 0.342 e. The van der Waals surface area contributed by atoms with Crippen LogP contribution < -0.4 is 11.3 Å². The van der Waals surface area contributed by atoms with Gasteiger partial charge in [0.25, 0.3) is 5.56 Å². The molecule has 0 saturated heterocycles. The third-order valence-electron chi connectivity index (χ3n) is 4.03. The molecule has 5 N–H and O–H groups in total. The number of aromatic amines is 1.